The van der Waals surface area contributed by atoms with E-state index in [1.165, 1.54) is 51.4 Å². The van der Waals surface area contributed by atoms with Crippen molar-refractivity contribution in [1.29, 1.82) is 0 Å². The molecule has 1 unspecified atom stereocenters. The second-order valence-electron chi connectivity index (χ2n) is 5.37. The minimum Gasteiger partial charge on any atom is -0.347 e. The first-order valence-corrected chi connectivity index (χ1v) is 7.16. The van der Waals surface area contributed by atoms with E-state index in [1.807, 2.05) is 0 Å². The molecule has 0 N–H and O–H groups in total. The van der Waals surface area contributed by atoms with Crippen LogP contribution in [0.5, 0.6) is 0 Å². The first kappa shape index (κ1) is 12.4. The Kier molecular flexibility index (Phi) is 4.66. The lowest BCUT2D eigenvalue weighted by Gasteiger charge is -2.31. The van der Waals surface area contributed by atoms with Crippen LogP contribution in [0.3, 0.4) is 0 Å². The second kappa shape index (κ2) is 6.02. The molecule has 1 aliphatic carbocycles. The van der Waals surface area contributed by atoms with Crippen LogP contribution >= 0.6 is 0 Å². The van der Waals surface area contributed by atoms with Gasteiger partial charge in [0.05, 0.1) is 12.7 Å². The van der Waals surface area contributed by atoms with Gasteiger partial charge in [0.1, 0.15) is 0 Å². The molecule has 2 aliphatic rings. The van der Waals surface area contributed by atoms with E-state index in [0.29, 0.717) is 6.10 Å². The van der Waals surface area contributed by atoms with E-state index < -0.39 is 0 Å². The van der Waals surface area contributed by atoms with Crippen LogP contribution in [-0.2, 0) is 9.47 Å². The van der Waals surface area contributed by atoms with Crippen LogP contribution in [0.15, 0.2) is 0 Å². The molecule has 16 heavy (non-hydrogen) atoms. The fraction of sp³-hybridized carbons (Fsp3) is 1.00. The lowest BCUT2D eigenvalue weighted by Crippen LogP contribution is -2.33. The quantitative estimate of drug-likeness (QED) is 0.659. The van der Waals surface area contributed by atoms with E-state index in [0.717, 1.165) is 19.4 Å². The second-order valence-corrected chi connectivity index (χ2v) is 5.37. The third kappa shape index (κ3) is 3.21. The molecule has 1 heterocycles. The predicted octanol–water partition coefficient (Wildman–Crippen LogP) is 4.03. The van der Waals surface area contributed by atoms with Crippen molar-refractivity contribution < 1.29 is 9.47 Å². The number of hydrogen-bond acceptors (Lipinski definition) is 2. The van der Waals surface area contributed by atoms with Crippen molar-refractivity contribution in [3.8, 4) is 0 Å². The minimum absolute atomic E-state index is 0.159. The van der Waals surface area contributed by atoms with Gasteiger partial charge >= 0.3 is 0 Å². The molecule has 0 aromatic carbocycles. The number of hydrogen-bond donors (Lipinski definition) is 0. The Hall–Kier alpha value is -0.0800. The number of ether oxygens (including phenoxy) is 2. The average molecular weight is 226 g/mol. The van der Waals surface area contributed by atoms with Gasteiger partial charge in [0.25, 0.3) is 0 Å². The SMILES string of the molecule is CCCCCCC1COC2(CCCCC2)O1. The smallest absolute Gasteiger partial charge is 0.168 e. The van der Waals surface area contributed by atoms with Crippen LogP contribution in [0.4, 0.5) is 0 Å². The van der Waals surface area contributed by atoms with Crippen molar-refractivity contribution in [2.24, 2.45) is 0 Å². The maximum atomic E-state index is 6.15. The molecule has 1 aliphatic heterocycles. The van der Waals surface area contributed by atoms with Crippen molar-refractivity contribution in [3.63, 3.8) is 0 Å². The number of unbranched alkanes of at least 4 members (excludes halogenated alkanes) is 3. The summed E-state index contributed by atoms with van der Waals surface area (Å²) in [7, 11) is 0. The summed E-state index contributed by atoms with van der Waals surface area (Å²) in [5, 5.41) is 0. The lowest BCUT2D eigenvalue weighted by atomic mass is 9.94. The van der Waals surface area contributed by atoms with Gasteiger partial charge in [0, 0.05) is 12.8 Å². The van der Waals surface area contributed by atoms with Crippen molar-refractivity contribution in [1.82, 2.24) is 0 Å². The molecular weight excluding hydrogens is 200 g/mol. The summed E-state index contributed by atoms with van der Waals surface area (Å²) in [6.07, 6.45) is 13.1. The van der Waals surface area contributed by atoms with Crippen LogP contribution in [-0.4, -0.2) is 18.5 Å². The average Bonchev–Trinajstić information content (AvgIpc) is 2.69. The molecule has 0 aromatic heterocycles. The number of rotatable bonds is 5. The summed E-state index contributed by atoms with van der Waals surface area (Å²) in [6.45, 7) is 3.10. The fourth-order valence-corrected chi connectivity index (χ4v) is 2.91. The van der Waals surface area contributed by atoms with Gasteiger partial charge < -0.3 is 9.47 Å². The van der Waals surface area contributed by atoms with Crippen molar-refractivity contribution in [3.05, 3.63) is 0 Å². The summed E-state index contributed by atoms with van der Waals surface area (Å²) in [4.78, 5) is 0. The van der Waals surface area contributed by atoms with Gasteiger partial charge in [-0.15, -0.1) is 0 Å². The van der Waals surface area contributed by atoms with Crippen LogP contribution < -0.4 is 0 Å². The Morgan fingerprint density at radius 3 is 2.62 bits per heavy atom. The van der Waals surface area contributed by atoms with E-state index in [4.69, 9.17) is 9.47 Å². The Balaban J connectivity index is 1.66. The van der Waals surface area contributed by atoms with Crippen LogP contribution in [0.2, 0.25) is 0 Å². The Morgan fingerprint density at radius 1 is 1.06 bits per heavy atom. The van der Waals surface area contributed by atoms with Crippen LogP contribution in [0.25, 0.3) is 0 Å². The molecule has 1 atom stereocenters. The molecule has 94 valence electrons. The first-order valence-electron chi connectivity index (χ1n) is 7.16. The molecule has 2 rings (SSSR count). The standard InChI is InChI=1S/C14H26O2/c1-2-3-4-6-9-13-12-15-14(16-13)10-7-5-8-11-14/h13H,2-12H2,1H3. The zero-order chi connectivity index (χ0) is 11.3. The summed E-state index contributed by atoms with van der Waals surface area (Å²) < 4.78 is 12.1. The Morgan fingerprint density at radius 2 is 1.88 bits per heavy atom. The van der Waals surface area contributed by atoms with Gasteiger partial charge in [-0.25, -0.2) is 0 Å². The normalized spacial score (nSPS) is 28.7. The highest BCUT2D eigenvalue weighted by atomic mass is 16.7. The molecule has 2 heteroatoms. The van der Waals surface area contributed by atoms with Gasteiger partial charge in [-0.2, -0.15) is 0 Å². The predicted molar refractivity (Wildman–Crippen MR) is 65.4 cm³/mol. The summed E-state index contributed by atoms with van der Waals surface area (Å²) in [5.41, 5.74) is 0. The zero-order valence-corrected chi connectivity index (χ0v) is 10.7. The molecule has 0 amide bonds. The largest absolute Gasteiger partial charge is 0.347 e. The molecular formula is C14H26O2. The molecule has 1 saturated heterocycles. The van der Waals surface area contributed by atoms with Crippen LogP contribution in [0.1, 0.15) is 71.1 Å². The van der Waals surface area contributed by atoms with Gasteiger partial charge in [0.2, 0.25) is 0 Å². The van der Waals surface area contributed by atoms with Gasteiger partial charge in [0.15, 0.2) is 5.79 Å². The highest BCUT2D eigenvalue weighted by molar-refractivity contribution is 4.82. The maximum Gasteiger partial charge on any atom is 0.168 e. The molecule has 1 spiro atoms. The van der Waals surface area contributed by atoms with E-state index >= 15 is 0 Å². The summed E-state index contributed by atoms with van der Waals surface area (Å²) in [6, 6.07) is 0. The van der Waals surface area contributed by atoms with Crippen LogP contribution in [0, 0.1) is 0 Å². The monoisotopic (exact) mass is 226 g/mol. The van der Waals surface area contributed by atoms with Crippen molar-refractivity contribution >= 4 is 0 Å². The lowest BCUT2D eigenvalue weighted by molar-refractivity contribution is -0.187. The first-order chi connectivity index (χ1) is 7.85. The molecule has 2 nitrogen and oxygen atoms in total. The van der Waals surface area contributed by atoms with Gasteiger partial charge in [-0.05, 0) is 19.3 Å². The highest BCUT2D eigenvalue weighted by Crippen LogP contribution is 2.38. The third-order valence-corrected chi connectivity index (χ3v) is 3.91. The van der Waals surface area contributed by atoms with E-state index in [9.17, 15) is 0 Å². The Labute approximate surface area is 99.7 Å². The molecule has 2 fully saturated rings. The molecule has 0 aromatic rings. The third-order valence-electron chi connectivity index (χ3n) is 3.91. The molecule has 0 bridgehead atoms. The van der Waals surface area contributed by atoms with E-state index in [-0.39, 0.29) is 5.79 Å². The van der Waals surface area contributed by atoms with Crippen molar-refractivity contribution in [2.75, 3.05) is 6.61 Å². The zero-order valence-electron chi connectivity index (χ0n) is 10.7. The highest BCUT2D eigenvalue weighted by Gasteiger charge is 2.41. The topological polar surface area (TPSA) is 18.5 Å². The van der Waals surface area contributed by atoms with Crippen molar-refractivity contribution in [2.45, 2.75) is 83.0 Å². The molecule has 0 radical (unpaired) electrons. The minimum atomic E-state index is -0.159. The van der Waals surface area contributed by atoms with E-state index in [2.05, 4.69) is 6.92 Å². The summed E-state index contributed by atoms with van der Waals surface area (Å²) in [5.74, 6) is -0.159. The van der Waals surface area contributed by atoms with Gasteiger partial charge in [-0.3, -0.25) is 0 Å². The summed E-state index contributed by atoms with van der Waals surface area (Å²) >= 11 is 0. The van der Waals surface area contributed by atoms with Gasteiger partial charge in [-0.1, -0.05) is 39.0 Å². The van der Waals surface area contributed by atoms with E-state index in [1.54, 1.807) is 0 Å². The molecule has 1 saturated carbocycles. The fourth-order valence-electron chi connectivity index (χ4n) is 2.91. The Bertz CT molecular complexity index is 197. The maximum absolute atomic E-state index is 6.15.